The number of ether oxygens (including phenoxy) is 1. The molecule has 0 saturated heterocycles. The standard InChI is InChI=1S/C17H17ClN2O4/c1-12-11-13(18)8-9-14(12)19-17(21)7-4-10-24-16-6-3-2-5-15(16)20(22)23/h2-3,5-6,8-9,11H,4,7,10H2,1H3,(H,19,21). The van der Waals surface area contributed by atoms with Gasteiger partial charge in [-0.3, -0.25) is 14.9 Å². The second-order valence-electron chi connectivity index (χ2n) is 5.18. The summed E-state index contributed by atoms with van der Waals surface area (Å²) in [6.45, 7) is 2.08. The average Bonchev–Trinajstić information content (AvgIpc) is 2.54. The fourth-order valence-corrected chi connectivity index (χ4v) is 2.35. The van der Waals surface area contributed by atoms with Crippen LogP contribution in [0, 0.1) is 17.0 Å². The maximum absolute atomic E-state index is 11.9. The largest absolute Gasteiger partial charge is 0.487 e. The Balaban J connectivity index is 1.80. The zero-order chi connectivity index (χ0) is 17.5. The number of nitro groups is 1. The van der Waals surface area contributed by atoms with E-state index < -0.39 is 4.92 Å². The van der Waals surface area contributed by atoms with E-state index in [-0.39, 0.29) is 30.4 Å². The molecule has 126 valence electrons. The van der Waals surface area contributed by atoms with Crippen LogP contribution >= 0.6 is 11.6 Å². The van der Waals surface area contributed by atoms with Crippen LogP contribution in [-0.4, -0.2) is 17.4 Å². The van der Waals surface area contributed by atoms with Crippen LogP contribution in [0.15, 0.2) is 42.5 Å². The van der Waals surface area contributed by atoms with E-state index >= 15 is 0 Å². The Kier molecular flexibility index (Phi) is 6.14. The third-order valence-corrected chi connectivity index (χ3v) is 3.57. The van der Waals surface area contributed by atoms with Crippen LogP contribution in [0.5, 0.6) is 5.75 Å². The quantitative estimate of drug-likeness (QED) is 0.458. The number of anilines is 1. The zero-order valence-electron chi connectivity index (χ0n) is 13.1. The van der Waals surface area contributed by atoms with Crippen LogP contribution in [0.25, 0.3) is 0 Å². The van der Waals surface area contributed by atoms with Crippen molar-refractivity contribution < 1.29 is 14.5 Å². The molecule has 7 heteroatoms. The van der Waals surface area contributed by atoms with Gasteiger partial charge in [0, 0.05) is 23.2 Å². The van der Waals surface area contributed by atoms with Crippen LogP contribution in [-0.2, 0) is 4.79 Å². The Labute approximate surface area is 144 Å². The molecule has 0 atom stereocenters. The smallest absolute Gasteiger partial charge is 0.310 e. The molecular weight excluding hydrogens is 332 g/mol. The fourth-order valence-electron chi connectivity index (χ4n) is 2.12. The van der Waals surface area contributed by atoms with Crippen molar-refractivity contribution in [3.05, 3.63) is 63.2 Å². The first-order chi connectivity index (χ1) is 11.5. The zero-order valence-corrected chi connectivity index (χ0v) is 13.9. The number of benzene rings is 2. The van der Waals surface area contributed by atoms with Crippen LogP contribution in [0.1, 0.15) is 18.4 Å². The van der Waals surface area contributed by atoms with Gasteiger partial charge in [-0.05, 0) is 43.2 Å². The molecule has 0 saturated carbocycles. The summed E-state index contributed by atoms with van der Waals surface area (Å²) in [6, 6.07) is 11.4. The van der Waals surface area contributed by atoms with Gasteiger partial charge in [0.05, 0.1) is 11.5 Å². The molecule has 0 bridgehead atoms. The summed E-state index contributed by atoms with van der Waals surface area (Å²) in [7, 11) is 0. The predicted molar refractivity (Wildman–Crippen MR) is 92.6 cm³/mol. The summed E-state index contributed by atoms with van der Waals surface area (Å²) in [5.41, 5.74) is 1.51. The van der Waals surface area contributed by atoms with Gasteiger partial charge in [0.15, 0.2) is 5.75 Å². The topological polar surface area (TPSA) is 81.5 Å². The number of hydrogen-bond donors (Lipinski definition) is 1. The maximum Gasteiger partial charge on any atom is 0.310 e. The number of nitrogens with zero attached hydrogens (tertiary/aromatic N) is 1. The minimum atomic E-state index is -0.495. The second-order valence-corrected chi connectivity index (χ2v) is 5.62. The average molecular weight is 349 g/mol. The molecule has 2 aromatic rings. The summed E-state index contributed by atoms with van der Waals surface area (Å²) < 4.78 is 5.40. The maximum atomic E-state index is 11.9. The monoisotopic (exact) mass is 348 g/mol. The molecule has 2 aromatic carbocycles. The van der Waals surface area contributed by atoms with Gasteiger partial charge in [0.25, 0.3) is 0 Å². The molecule has 0 aliphatic rings. The van der Waals surface area contributed by atoms with Gasteiger partial charge < -0.3 is 10.1 Å². The van der Waals surface area contributed by atoms with E-state index in [4.69, 9.17) is 16.3 Å². The highest BCUT2D eigenvalue weighted by atomic mass is 35.5. The Hall–Kier alpha value is -2.60. The first-order valence-electron chi connectivity index (χ1n) is 7.39. The van der Waals surface area contributed by atoms with Crippen molar-refractivity contribution in [2.24, 2.45) is 0 Å². The van der Waals surface area contributed by atoms with E-state index in [9.17, 15) is 14.9 Å². The predicted octanol–water partition coefficient (Wildman–Crippen LogP) is 4.35. The number of para-hydroxylation sites is 2. The molecule has 6 nitrogen and oxygen atoms in total. The molecule has 0 aliphatic carbocycles. The first kappa shape index (κ1) is 17.7. The molecule has 0 heterocycles. The molecule has 2 rings (SSSR count). The van der Waals surface area contributed by atoms with Gasteiger partial charge >= 0.3 is 5.69 Å². The lowest BCUT2D eigenvalue weighted by Crippen LogP contribution is -2.13. The van der Waals surface area contributed by atoms with Crippen molar-refractivity contribution in [1.82, 2.24) is 0 Å². The molecular formula is C17H17ClN2O4. The van der Waals surface area contributed by atoms with Crippen LogP contribution in [0.4, 0.5) is 11.4 Å². The highest BCUT2D eigenvalue weighted by molar-refractivity contribution is 6.30. The fraction of sp³-hybridized carbons (Fsp3) is 0.235. The van der Waals surface area contributed by atoms with E-state index in [2.05, 4.69) is 5.32 Å². The number of carbonyl (C=O) groups is 1. The molecule has 1 amide bonds. The molecule has 0 spiro atoms. The summed E-state index contributed by atoms with van der Waals surface area (Å²) in [4.78, 5) is 22.3. The van der Waals surface area contributed by atoms with E-state index in [1.165, 1.54) is 12.1 Å². The normalized spacial score (nSPS) is 10.2. The number of carbonyl (C=O) groups excluding carboxylic acids is 1. The number of nitrogens with one attached hydrogen (secondary N) is 1. The van der Waals surface area contributed by atoms with Gasteiger partial charge in [-0.15, -0.1) is 0 Å². The van der Waals surface area contributed by atoms with Crippen LogP contribution < -0.4 is 10.1 Å². The summed E-state index contributed by atoms with van der Waals surface area (Å²) in [5.74, 6) is 0.0584. The highest BCUT2D eigenvalue weighted by Gasteiger charge is 2.13. The number of nitro benzene ring substituents is 1. The van der Waals surface area contributed by atoms with Crippen molar-refractivity contribution in [1.29, 1.82) is 0 Å². The number of hydrogen-bond acceptors (Lipinski definition) is 4. The SMILES string of the molecule is Cc1cc(Cl)ccc1NC(=O)CCCOc1ccccc1[N+](=O)[O-]. The molecule has 0 aromatic heterocycles. The summed E-state index contributed by atoms with van der Waals surface area (Å²) >= 11 is 5.87. The van der Waals surface area contributed by atoms with Crippen LogP contribution in [0.3, 0.4) is 0 Å². The molecule has 0 unspecified atom stereocenters. The van der Waals surface area contributed by atoms with Crippen molar-refractivity contribution in [2.75, 3.05) is 11.9 Å². The van der Waals surface area contributed by atoms with Crippen molar-refractivity contribution in [3.63, 3.8) is 0 Å². The second kappa shape index (κ2) is 8.31. The lowest BCUT2D eigenvalue weighted by Gasteiger charge is -2.09. The molecule has 0 fully saturated rings. The summed E-state index contributed by atoms with van der Waals surface area (Å²) in [5, 5.41) is 14.3. The van der Waals surface area contributed by atoms with E-state index in [1.54, 1.807) is 30.3 Å². The Morgan fingerprint density at radius 3 is 2.75 bits per heavy atom. The minimum Gasteiger partial charge on any atom is -0.487 e. The van der Waals surface area contributed by atoms with Gasteiger partial charge in [-0.25, -0.2) is 0 Å². The summed E-state index contributed by atoms with van der Waals surface area (Å²) in [6.07, 6.45) is 0.702. The lowest BCUT2D eigenvalue weighted by molar-refractivity contribution is -0.385. The van der Waals surface area contributed by atoms with Gasteiger partial charge in [-0.1, -0.05) is 23.7 Å². The first-order valence-corrected chi connectivity index (χ1v) is 7.77. The molecule has 0 aliphatic heterocycles. The number of rotatable bonds is 7. The Morgan fingerprint density at radius 2 is 2.04 bits per heavy atom. The van der Waals surface area contributed by atoms with Gasteiger partial charge in [-0.2, -0.15) is 0 Å². The van der Waals surface area contributed by atoms with Gasteiger partial charge in [0.1, 0.15) is 0 Å². The van der Waals surface area contributed by atoms with E-state index in [1.807, 2.05) is 6.92 Å². The highest BCUT2D eigenvalue weighted by Crippen LogP contribution is 2.26. The molecule has 0 radical (unpaired) electrons. The molecule has 24 heavy (non-hydrogen) atoms. The third kappa shape index (κ3) is 4.96. The number of aryl methyl sites for hydroxylation is 1. The Morgan fingerprint density at radius 1 is 1.29 bits per heavy atom. The number of amides is 1. The lowest BCUT2D eigenvalue weighted by atomic mass is 10.2. The number of halogens is 1. The van der Waals surface area contributed by atoms with E-state index in [0.29, 0.717) is 17.1 Å². The van der Waals surface area contributed by atoms with Crippen molar-refractivity contribution >= 4 is 28.9 Å². The van der Waals surface area contributed by atoms with Crippen molar-refractivity contribution in [2.45, 2.75) is 19.8 Å². The van der Waals surface area contributed by atoms with Crippen LogP contribution in [0.2, 0.25) is 5.02 Å². The Bertz CT molecular complexity index is 749. The third-order valence-electron chi connectivity index (χ3n) is 3.33. The van der Waals surface area contributed by atoms with Gasteiger partial charge in [0.2, 0.25) is 5.91 Å². The van der Waals surface area contributed by atoms with Crippen molar-refractivity contribution in [3.8, 4) is 5.75 Å². The molecule has 1 N–H and O–H groups in total. The minimum absolute atomic E-state index is 0.0845. The van der Waals surface area contributed by atoms with E-state index in [0.717, 1.165) is 5.56 Å².